The zero-order valence-electron chi connectivity index (χ0n) is 18.0. The third-order valence-electron chi connectivity index (χ3n) is 6.69. The Morgan fingerprint density at radius 2 is 1.09 bits per heavy atom. The lowest BCUT2D eigenvalue weighted by Gasteiger charge is -2.31. The Morgan fingerprint density at radius 1 is 0.625 bits per heavy atom. The van der Waals surface area contributed by atoms with E-state index < -0.39 is 5.60 Å². The highest BCUT2D eigenvalue weighted by molar-refractivity contribution is 5.43. The quantitative estimate of drug-likeness (QED) is 0.369. The van der Waals surface area contributed by atoms with Crippen LogP contribution in [0, 0.1) is 11.8 Å². The third-order valence-corrected chi connectivity index (χ3v) is 6.69. The summed E-state index contributed by atoms with van der Waals surface area (Å²) in [7, 11) is 0. The second-order valence-corrected chi connectivity index (χ2v) is 8.63. The van der Waals surface area contributed by atoms with E-state index in [-0.39, 0.29) is 17.8 Å². The van der Waals surface area contributed by atoms with Crippen molar-refractivity contribution in [2.24, 2.45) is 11.8 Å². The summed E-state index contributed by atoms with van der Waals surface area (Å²) < 4.78 is 6.18. The fourth-order valence-corrected chi connectivity index (χ4v) is 5.10. The van der Waals surface area contributed by atoms with Gasteiger partial charge in [0.05, 0.1) is 13.2 Å². The van der Waals surface area contributed by atoms with Crippen LogP contribution in [0.25, 0.3) is 0 Å². The minimum atomic E-state index is -1.08. The van der Waals surface area contributed by atoms with Crippen molar-refractivity contribution in [3.8, 4) is 0 Å². The van der Waals surface area contributed by atoms with Crippen LogP contribution in [0.2, 0.25) is 0 Å². The van der Waals surface area contributed by atoms with Gasteiger partial charge in [-0.15, -0.1) is 0 Å². The minimum absolute atomic E-state index is 0.0328. The van der Waals surface area contributed by atoms with Crippen molar-refractivity contribution in [1.29, 1.82) is 0 Å². The van der Waals surface area contributed by atoms with E-state index in [9.17, 15) is 5.11 Å². The van der Waals surface area contributed by atoms with Gasteiger partial charge >= 0.3 is 0 Å². The van der Waals surface area contributed by atoms with Gasteiger partial charge in [-0.1, -0.05) is 121 Å². The topological polar surface area (TPSA) is 29.5 Å². The van der Waals surface area contributed by atoms with Crippen LogP contribution in [0.1, 0.15) is 28.2 Å². The summed E-state index contributed by atoms with van der Waals surface area (Å²) in [5.41, 5.74) is 3.22. The van der Waals surface area contributed by atoms with Crippen LogP contribution in [0.5, 0.6) is 0 Å². The maximum atomic E-state index is 12.4. The highest BCUT2D eigenvalue weighted by Gasteiger charge is 2.62. The standard InChI is InChI=1S/C30H28O2/c31-30(25-17-9-3-10-18-25,26-19-11-4-12-20-26)29-27(28(29)24-15-7-2-8-16-24)22-32-21-23-13-5-1-6-14-23/h1-20,27-29,31H,21-22H2/t27-,28-,29+/m1/s1. The zero-order valence-corrected chi connectivity index (χ0v) is 18.0. The van der Waals surface area contributed by atoms with Crippen LogP contribution < -0.4 is 0 Å². The van der Waals surface area contributed by atoms with Crippen LogP contribution in [0.3, 0.4) is 0 Å². The summed E-state index contributed by atoms with van der Waals surface area (Å²) in [5, 5.41) is 12.4. The van der Waals surface area contributed by atoms with Gasteiger partial charge in [0, 0.05) is 5.92 Å². The first-order valence-corrected chi connectivity index (χ1v) is 11.3. The third kappa shape index (κ3) is 4.00. The molecule has 0 saturated heterocycles. The first-order valence-electron chi connectivity index (χ1n) is 11.3. The van der Waals surface area contributed by atoms with Gasteiger partial charge in [-0.2, -0.15) is 0 Å². The average molecular weight is 421 g/mol. The molecule has 0 amide bonds. The minimum Gasteiger partial charge on any atom is -0.380 e. The largest absolute Gasteiger partial charge is 0.380 e. The molecule has 0 heterocycles. The van der Waals surface area contributed by atoms with Crippen LogP contribution in [-0.2, 0) is 16.9 Å². The van der Waals surface area contributed by atoms with Gasteiger partial charge < -0.3 is 9.84 Å². The van der Waals surface area contributed by atoms with E-state index in [1.54, 1.807) is 0 Å². The first-order chi connectivity index (χ1) is 15.8. The van der Waals surface area contributed by atoms with E-state index in [0.717, 1.165) is 11.1 Å². The van der Waals surface area contributed by atoms with Crippen molar-refractivity contribution in [3.05, 3.63) is 144 Å². The first kappa shape index (κ1) is 20.7. The summed E-state index contributed by atoms with van der Waals surface area (Å²) in [6.45, 7) is 1.20. The Labute approximate surface area is 190 Å². The Morgan fingerprint density at radius 3 is 1.62 bits per heavy atom. The lowest BCUT2D eigenvalue weighted by atomic mass is 9.80. The monoisotopic (exact) mass is 420 g/mol. The lowest BCUT2D eigenvalue weighted by molar-refractivity contribution is 0.0361. The maximum absolute atomic E-state index is 12.4. The Balaban J connectivity index is 1.48. The molecular formula is C30H28O2. The molecule has 0 bridgehead atoms. The molecule has 1 aliphatic rings. The molecule has 1 aliphatic carbocycles. The molecule has 0 spiro atoms. The van der Waals surface area contributed by atoms with Crippen molar-refractivity contribution in [3.63, 3.8) is 0 Å². The normalized spacial score (nSPS) is 20.1. The molecular weight excluding hydrogens is 392 g/mol. The van der Waals surface area contributed by atoms with Crippen LogP contribution in [-0.4, -0.2) is 11.7 Å². The highest BCUT2D eigenvalue weighted by Crippen LogP contribution is 2.63. The van der Waals surface area contributed by atoms with E-state index in [1.165, 1.54) is 11.1 Å². The number of hydrogen-bond donors (Lipinski definition) is 1. The lowest BCUT2D eigenvalue weighted by Crippen LogP contribution is -2.31. The van der Waals surface area contributed by atoms with E-state index in [0.29, 0.717) is 13.2 Å². The Bertz CT molecular complexity index is 1070. The molecule has 2 heteroatoms. The van der Waals surface area contributed by atoms with E-state index in [1.807, 2.05) is 84.9 Å². The molecule has 4 aromatic carbocycles. The molecule has 0 radical (unpaired) electrons. The molecule has 1 N–H and O–H groups in total. The molecule has 1 saturated carbocycles. The molecule has 32 heavy (non-hydrogen) atoms. The van der Waals surface area contributed by atoms with Crippen molar-refractivity contribution >= 4 is 0 Å². The molecule has 0 unspecified atom stereocenters. The number of ether oxygens (including phenoxy) is 1. The molecule has 160 valence electrons. The molecule has 4 aromatic rings. The number of benzene rings is 4. The SMILES string of the molecule is OC(c1ccccc1)(c1ccccc1)[C@H]1[C@H](COCc2ccccc2)[C@H]1c1ccccc1. The summed E-state index contributed by atoms with van der Waals surface area (Å²) in [4.78, 5) is 0. The van der Waals surface area contributed by atoms with Crippen LogP contribution >= 0.6 is 0 Å². The number of aliphatic hydroxyl groups is 1. The number of rotatable bonds is 8. The smallest absolute Gasteiger partial charge is 0.118 e. The van der Waals surface area contributed by atoms with Crippen LogP contribution in [0.15, 0.2) is 121 Å². The van der Waals surface area contributed by atoms with Crippen molar-refractivity contribution in [1.82, 2.24) is 0 Å². The van der Waals surface area contributed by atoms with E-state index in [4.69, 9.17) is 4.74 Å². The second kappa shape index (κ2) is 9.12. The summed E-state index contributed by atoms with van der Waals surface area (Å²) in [5.74, 6) is 0.495. The average Bonchev–Trinajstić information content (AvgIpc) is 3.60. The summed E-state index contributed by atoms with van der Waals surface area (Å²) >= 11 is 0. The van der Waals surface area contributed by atoms with Crippen molar-refractivity contribution < 1.29 is 9.84 Å². The van der Waals surface area contributed by atoms with Gasteiger partial charge in [-0.3, -0.25) is 0 Å². The second-order valence-electron chi connectivity index (χ2n) is 8.63. The van der Waals surface area contributed by atoms with E-state index >= 15 is 0 Å². The fraction of sp³-hybridized carbons (Fsp3) is 0.200. The molecule has 0 aromatic heterocycles. The zero-order chi connectivity index (χ0) is 21.8. The van der Waals surface area contributed by atoms with Crippen molar-refractivity contribution in [2.45, 2.75) is 18.1 Å². The Kier molecular flexibility index (Phi) is 5.89. The molecule has 3 atom stereocenters. The molecule has 1 fully saturated rings. The predicted octanol–water partition coefficient (Wildman–Crippen LogP) is 6.17. The molecule has 5 rings (SSSR count). The number of hydrogen-bond acceptors (Lipinski definition) is 2. The predicted molar refractivity (Wildman–Crippen MR) is 128 cm³/mol. The van der Waals surface area contributed by atoms with Gasteiger partial charge in [0.1, 0.15) is 5.60 Å². The summed E-state index contributed by atoms with van der Waals surface area (Å²) in [6.07, 6.45) is 0. The van der Waals surface area contributed by atoms with Gasteiger partial charge in [0.25, 0.3) is 0 Å². The van der Waals surface area contributed by atoms with Gasteiger partial charge in [0.15, 0.2) is 0 Å². The van der Waals surface area contributed by atoms with Crippen LogP contribution in [0.4, 0.5) is 0 Å². The summed E-state index contributed by atoms with van der Waals surface area (Å²) in [6, 6.07) is 41.0. The van der Waals surface area contributed by atoms with Gasteiger partial charge in [0.2, 0.25) is 0 Å². The highest BCUT2D eigenvalue weighted by atomic mass is 16.5. The van der Waals surface area contributed by atoms with E-state index in [2.05, 4.69) is 36.4 Å². The van der Waals surface area contributed by atoms with Crippen molar-refractivity contribution in [2.75, 3.05) is 6.61 Å². The fourth-order valence-electron chi connectivity index (χ4n) is 5.10. The van der Waals surface area contributed by atoms with Gasteiger partial charge in [-0.05, 0) is 34.1 Å². The molecule has 0 aliphatic heterocycles. The molecule has 2 nitrogen and oxygen atoms in total. The maximum Gasteiger partial charge on any atom is 0.118 e. The Hall–Kier alpha value is -3.20. The van der Waals surface area contributed by atoms with Gasteiger partial charge in [-0.25, -0.2) is 0 Å².